The number of amides is 2. The van der Waals surface area contributed by atoms with Crippen LogP contribution in [0.1, 0.15) is 47.5 Å². The third-order valence-corrected chi connectivity index (χ3v) is 10.8. The van der Waals surface area contributed by atoms with E-state index < -0.39 is 28.7 Å². The first-order chi connectivity index (χ1) is 15.6. The highest BCUT2D eigenvalue weighted by atomic mass is 79.9. The molecule has 186 valence electrons. The number of esters is 1. The number of halogens is 1. The van der Waals surface area contributed by atoms with E-state index in [9.17, 15) is 19.5 Å². The van der Waals surface area contributed by atoms with Gasteiger partial charge in [-0.1, -0.05) is 42.3 Å². The Hall–Kier alpha value is -1.06. The average molecular weight is 546 g/mol. The van der Waals surface area contributed by atoms with E-state index in [-0.39, 0.29) is 53.0 Å². The van der Waals surface area contributed by atoms with Crippen LogP contribution in [0.4, 0.5) is 0 Å². The van der Waals surface area contributed by atoms with Gasteiger partial charge in [-0.3, -0.25) is 14.4 Å². The number of nitrogens with zero attached hydrogens (tertiary/aromatic N) is 2. The Morgan fingerprint density at radius 2 is 2.06 bits per heavy atom. The summed E-state index contributed by atoms with van der Waals surface area (Å²) < 4.78 is 4.65. The normalized spacial score (nSPS) is 34.4. The van der Waals surface area contributed by atoms with Crippen LogP contribution in [0.3, 0.4) is 0 Å². The molecule has 0 aliphatic carbocycles. The van der Waals surface area contributed by atoms with Gasteiger partial charge in [-0.05, 0) is 33.1 Å². The van der Waals surface area contributed by atoms with Crippen LogP contribution in [0.25, 0.3) is 0 Å². The van der Waals surface area contributed by atoms with E-state index >= 15 is 0 Å². The number of hydrogen-bond acceptors (Lipinski definition) is 6. The summed E-state index contributed by atoms with van der Waals surface area (Å²) in [6.07, 6.45) is 3.06. The Kier molecular flexibility index (Phi) is 8.27. The number of thioether (sulfide) groups is 1. The number of aliphatic hydroxyl groups is 1. The molecule has 3 aliphatic heterocycles. The number of likely N-dealkylation sites (tertiary alicyclic amines) is 1. The molecule has 0 aromatic carbocycles. The summed E-state index contributed by atoms with van der Waals surface area (Å²) in [7, 11) is 0. The predicted octanol–water partition coefficient (Wildman–Crippen LogP) is 2.84. The molecular weight excluding hydrogens is 508 g/mol. The Balaban J connectivity index is 2.16. The van der Waals surface area contributed by atoms with E-state index in [4.69, 9.17) is 4.74 Å². The molecule has 0 aromatic heterocycles. The van der Waals surface area contributed by atoms with E-state index in [0.717, 1.165) is 6.42 Å². The third-order valence-electron chi connectivity index (χ3n) is 7.60. The van der Waals surface area contributed by atoms with Crippen molar-refractivity contribution in [3.8, 4) is 0 Å². The molecule has 9 heteroatoms. The second-order valence-corrected chi connectivity index (χ2v) is 12.4. The minimum Gasteiger partial charge on any atom is -0.466 e. The number of ether oxygens (including phenoxy) is 1. The van der Waals surface area contributed by atoms with Gasteiger partial charge >= 0.3 is 5.97 Å². The van der Waals surface area contributed by atoms with Crippen LogP contribution in [0, 0.1) is 17.8 Å². The van der Waals surface area contributed by atoms with Gasteiger partial charge in [-0.2, -0.15) is 0 Å². The molecular formula is C24H37BrN2O5S. The highest BCUT2D eigenvalue weighted by Gasteiger charge is 2.76. The van der Waals surface area contributed by atoms with Gasteiger partial charge in [0.1, 0.15) is 6.04 Å². The Morgan fingerprint density at radius 1 is 1.39 bits per heavy atom. The van der Waals surface area contributed by atoms with Gasteiger partial charge in [-0.25, -0.2) is 0 Å². The quantitative estimate of drug-likeness (QED) is 0.258. The van der Waals surface area contributed by atoms with E-state index in [1.54, 1.807) is 34.6 Å². The van der Waals surface area contributed by atoms with Gasteiger partial charge in [0.15, 0.2) is 0 Å². The van der Waals surface area contributed by atoms with Crippen LogP contribution in [0.5, 0.6) is 0 Å². The van der Waals surface area contributed by atoms with Gasteiger partial charge in [-0.15, -0.1) is 18.3 Å². The maximum Gasteiger partial charge on any atom is 0.310 e. The molecule has 3 aliphatic rings. The van der Waals surface area contributed by atoms with Gasteiger partial charge < -0.3 is 19.6 Å². The van der Waals surface area contributed by atoms with Crippen molar-refractivity contribution in [3.63, 3.8) is 0 Å². The lowest BCUT2D eigenvalue weighted by Crippen LogP contribution is -2.59. The fourth-order valence-electron chi connectivity index (χ4n) is 5.88. The van der Waals surface area contributed by atoms with Gasteiger partial charge in [0.05, 0.1) is 35.8 Å². The molecule has 3 rings (SSSR count). The largest absolute Gasteiger partial charge is 0.466 e. The van der Waals surface area contributed by atoms with Crippen LogP contribution in [-0.2, 0) is 19.1 Å². The van der Waals surface area contributed by atoms with E-state index in [2.05, 4.69) is 22.5 Å². The molecule has 3 saturated heterocycles. The fraction of sp³-hybridized carbons (Fsp3) is 0.792. The number of hydrogen-bond donors (Lipinski definition) is 1. The SMILES string of the molecule is C=CCN(C(=O)C1N([C@@H](CO)[C@@H](C)CC)C(=O)[C@@H]2[C@H](C(=O)OCC)[C@H]3SC12CC3Br)C(C)C. The second-order valence-electron chi connectivity index (χ2n) is 9.67. The van der Waals surface area contributed by atoms with Crippen molar-refractivity contribution in [2.75, 3.05) is 19.8 Å². The number of alkyl halides is 1. The van der Waals surface area contributed by atoms with Crippen LogP contribution in [0.2, 0.25) is 0 Å². The van der Waals surface area contributed by atoms with Crippen LogP contribution >= 0.6 is 27.7 Å². The Bertz CT molecular complexity index is 795. The van der Waals surface area contributed by atoms with Crippen molar-refractivity contribution >= 4 is 45.5 Å². The fourth-order valence-corrected chi connectivity index (χ4v) is 9.46. The zero-order chi connectivity index (χ0) is 24.7. The third kappa shape index (κ3) is 4.16. The molecule has 8 atom stereocenters. The Morgan fingerprint density at radius 3 is 2.58 bits per heavy atom. The molecule has 2 amide bonds. The molecule has 0 radical (unpaired) electrons. The predicted molar refractivity (Wildman–Crippen MR) is 133 cm³/mol. The van der Waals surface area contributed by atoms with Crippen molar-refractivity contribution in [1.82, 2.24) is 9.80 Å². The molecule has 1 N–H and O–H groups in total. The summed E-state index contributed by atoms with van der Waals surface area (Å²) in [6.45, 7) is 13.9. The van der Waals surface area contributed by atoms with Crippen LogP contribution in [0.15, 0.2) is 12.7 Å². The molecule has 0 saturated carbocycles. The first-order valence-corrected chi connectivity index (χ1v) is 13.7. The molecule has 1 spiro atoms. The van der Waals surface area contributed by atoms with Crippen molar-refractivity contribution in [3.05, 3.63) is 12.7 Å². The van der Waals surface area contributed by atoms with E-state index in [1.165, 1.54) is 0 Å². The summed E-state index contributed by atoms with van der Waals surface area (Å²) >= 11 is 5.34. The number of carbonyl (C=O) groups is 3. The zero-order valence-electron chi connectivity index (χ0n) is 20.2. The summed E-state index contributed by atoms with van der Waals surface area (Å²) in [6, 6.07) is -1.33. The highest BCUT2D eigenvalue weighted by Crippen LogP contribution is 2.68. The lowest BCUT2D eigenvalue weighted by atomic mass is 9.71. The lowest BCUT2D eigenvalue weighted by Gasteiger charge is -2.42. The summed E-state index contributed by atoms with van der Waals surface area (Å²) in [5, 5.41) is 10.2. The number of carbonyl (C=O) groups excluding carboxylic acids is 3. The summed E-state index contributed by atoms with van der Waals surface area (Å²) in [4.78, 5) is 44.6. The number of rotatable bonds is 10. The van der Waals surface area contributed by atoms with E-state index in [1.807, 2.05) is 27.7 Å². The minimum absolute atomic E-state index is 0.000564. The molecule has 3 fully saturated rings. The maximum absolute atomic E-state index is 14.2. The number of fused-ring (bicyclic) bond motifs is 1. The second kappa shape index (κ2) is 10.3. The van der Waals surface area contributed by atoms with Crippen molar-refractivity contribution in [2.45, 2.75) is 80.4 Å². The topological polar surface area (TPSA) is 87.2 Å². The Labute approximate surface area is 209 Å². The van der Waals surface area contributed by atoms with Crippen LogP contribution < -0.4 is 0 Å². The highest BCUT2D eigenvalue weighted by molar-refractivity contribution is 9.09. The molecule has 7 nitrogen and oxygen atoms in total. The standard InChI is InChI=1S/C24H37BrN2O5S/c1-7-10-26(13(4)5)22(30)20-24-11-15(25)19(33-24)17(23(31)32-9-3)18(24)21(29)27(20)16(12-28)14(6)8-2/h7,13-20,28H,1,8-12H2,2-6H3/t14-,15?,16-,17-,18-,19-,20?,24?/m0/s1. The monoisotopic (exact) mass is 544 g/mol. The van der Waals surface area contributed by atoms with Crippen molar-refractivity contribution in [1.29, 1.82) is 0 Å². The smallest absolute Gasteiger partial charge is 0.310 e. The van der Waals surface area contributed by atoms with E-state index in [0.29, 0.717) is 13.0 Å². The molecule has 3 heterocycles. The first kappa shape index (κ1) is 26.5. The zero-order valence-corrected chi connectivity index (χ0v) is 22.6. The molecule has 0 aromatic rings. The maximum atomic E-state index is 14.2. The van der Waals surface area contributed by atoms with Gasteiger partial charge in [0.2, 0.25) is 11.8 Å². The first-order valence-electron chi connectivity index (χ1n) is 11.9. The van der Waals surface area contributed by atoms with Crippen LogP contribution in [-0.4, -0.2) is 85.4 Å². The summed E-state index contributed by atoms with van der Waals surface area (Å²) in [5.41, 5.74) is 0. The van der Waals surface area contributed by atoms with Gasteiger partial charge in [0, 0.05) is 22.7 Å². The van der Waals surface area contributed by atoms with Crippen molar-refractivity contribution < 1.29 is 24.2 Å². The molecule has 33 heavy (non-hydrogen) atoms. The van der Waals surface area contributed by atoms with Crippen molar-refractivity contribution in [2.24, 2.45) is 17.8 Å². The summed E-state index contributed by atoms with van der Waals surface area (Å²) in [5.74, 6) is -1.96. The minimum atomic E-state index is -0.752. The average Bonchev–Trinajstić information content (AvgIpc) is 3.36. The lowest BCUT2D eigenvalue weighted by molar-refractivity contribution is -0.154. The molecule has 3 unspecified atom stereocenters. The number of aliphatic hydroxyl groups excluding tert-OH is 1. The van der Waals surface area contributed by atoms with Gasteiger partial charge in [0.25, 0.3) is 0 Å². The molecule has 2 bridgehead atoms.